The maximum Gasteiger partial charge on any atom is 0.232 e. The lowest BCUT2D eigenvalue weighted by atomic mass is 10.1. The number of nitrogens with one attached hydrogen (secondary N) is 1. The Morgan fingerprint density at radius 1 is 1.35 bits per heavy atom. The molecule has 122 valence electrons. The van der Waals surface area contributed by atoms with Gasteiger partial charge in [0.05, 0.1) is 17.6 Å². The smallest absolute Gasteiger partial charge is 0.232 e. The van der Waals surface area contributed by atoms with E-state index in [0.29, 0.717) is 6.04 Å². The molecule has 2 heterocycles. The van der Waals surface area contributed by atoms with Crippen LogP contribution in [0.1, 0.15) is 25.3 Å². The zero-order chi connectivity index (χ0) is 16.2. The van der Waals surface area contributed by atoms with Crippen molar-refractivity contribution in [3.63, 3.8) is 0 Å². The molecule has 1 unspecified atom stereocenters. The molecule has 1 atom stereocenters. The molecule has 1 N–H and O–H groups in total. The Hall–Kier alpha value is -1.60. The van der Waals surface area contributed by atoms with Crippen LogP contribution in [0.15, 0.2) is 23.6 Å². The Bertz CT molecular complexity index is 856. The fourth-order valence-electron chi connectivity index (χ4n) is 3.14. The molecule has 4 rings (SSSR count). The van der Waals surface area contributed by atoms with Gasteiger partial charge in [0.2, 0.25) is 10.0 Å². The second-order valence-corrected chi connectivity index (χ2v) is 9.13. The minimum Gasteiger partial charge on any atom is -0.359 e. The number of sulfonamides is 1. The molecule has 0 saturated heterocycles. The minimum absolute atomic E-state index is 0.0298. The quantitative estimate of drug-likeness (QED) is 0.921. The van der Waals surface area contributed by atoms with Crippen LogP contribution >= 0.6 is 11.3 Å². The lowest BCUT2D eigenvalue weighted by molar-refractivity contribution is 0.590. The molecule has 1 aliphatic heterocycles. The van der Waals surface area contributed by atoms with Gasteiger partial charge in [-0.3, -0.25) is 4.31 Å². The van der Waals surface area contributed by atoms with E-state index in [1.165, 1.54) is 23.4 Å². The van der Waals surface area contributed by atoms with E-state index in [2.05, 4.69) is 21.7 Å². The average molecular weight is 349 g/mol. The summed E-state index contributed by atoms with van der Waals surface area (Å²) >= 11 is 1.62. The third-order valence-corrected chi connectivity index (χ3v) is 6.34. The van der Waals surface area contributed by atoms with Crippen molar-refractivity contribution in [2.24, 2.45) is 0 Å². The predicted octanol–water partition coefficient (Wildman–Crippen LogP) is 3.10. The molecular weight excluding hydrogens is 330 g/mol. The number of nitrogens with zero attached hydrogens (tertiary/aromatic N) is 2. The number of anilines is 2. The molecule has 1 aromatic heterocycles. The molecule has 1 saturated carbocycles. The van der Waals surface area contributed by atoms with Crippen LogP contribution in [-0.4, -0.2) is 31.7 Å². The van der Waals surface area contributed by atoms with Gasteiger partial charge in [-0.25, -0.2) is 13.4 Å². The zero-order valence-corrected chi connectivity index (χ0v) is 14.7. The van der Waals surface area contributed by atoms with E-state index >= 15 is 0 Å². The molecule has 2 aromatic rings. The standard InChI is InChI=1S/C16H19N3O2S2/c1-10-7-12-8-11(3-6-15(12)19(10)23(2,20)21)14-9-22-16(18-14)17-13-4-5-13/h3,6,8-10,13H,4-5,7H2,1-2H3,(H,17,18). The lowest BCUT2D eigenvalue weighted by Gasteiger charge is -2.21. The Balaban J connectivity index is 1.65. The lowest BCUT2D eigenvalue weighted by Crippen LogP contribution is -2.34. The highest BCUT2D eigenvalue weighted by Gasteiger charge is 2.32. The summed E-state index contributed by atoms with van der Waals surface area (Å²) in [6.45, 7) is 1.95. The first-order chi connectivity index (χ1) is 10.9. The van der Waals surface area contributed by atoms with E-state index in [0.717, 1.165) is 34.1 Å². The van der Waals surface area contributed by atoms with Gasteiger partial charge in [-0.15, -0.1) is 11.3 Å². The molecule has 0 radical (unpaired) electrons. The van der Waals surface area contributed by atoms with Crippen LogP contribution in [0.3, 0.4) is 0 Å². The fraction of sp³-hybridized carbons (Fsp3) is 0.438. The van der Waals surface area contributed by atoms with Gasteiger partial charge in [-0.2, -0.15) is 0 Å². The van der Waals surface area contributed by atoms with E-state index in [1.54, 1.807) is 11.3 Å². The monoisotopic (exact) mass is 349 g/mol. The minimum atomic E-state index is -3.24. The number of aromatic nitrogens is 1. The van der Waals surface area contributed by atoms with Gasteiger partial charge in [0.25, 0.3) is 0 Å². The summed E-state index contributed by atoms with van der Waals surface area (Å²) in [4.78, 5) is 4.65. The van der Waals surface area contributed by atoms with Crippen LogP contribution in [0.5, 0.6) is 0 Å². The number of thiazole rings is 1. The number of fused-ring (bicyclic) bond motifs is 1. The molecular formula is C16H19N3O2S2. The maximum atomic E-state index is 12.0. The van der Waals surface area contributed by atoms with Gasteiger partial charge in [0, 0.05) is 23.0 Å². The van der Waals surface area contributed by atoms with Crippen molar-refractivity contribution in [1.29, 1.82) is 0 Å². The van der Waals surface area contributed by atoms with Crippen molar-refractivity contribution in [3.05, 3.63) is 29.1 Å². The summed E-state index contributed by atoms with van der Waals surface area (Å²) in [5, 5.41) is 6.43. The summed E-state index contributed by atoms with van der Waals surface area (Å²) in [5.74, 6) is 0. The van der Waals surface area contributed by atoms with Gasteiger partial charge in [-0.1, -0.05) is 6.07 Å². The first-order valence-corrected chi connectivity index (χ1v) is 10.5. The molecule has 1 aromatic carbocycles. The first kappa shape index (κ1) is 15.0. The van der Waals surface area contributed by atoms with Gasteiger partial charge >= 0.3 is 0 Å². The van der Waals surface area contributed by atoms with Crippen molar-refractivity contribution in [2.75, 3.05) is 15.9 Å². The van der Waals surface area contributed by atoms with Crippen molar-refractivity contribution in [3.8, 4) is 11.3 Å². The van der Waals surface area contributed by atoms with Crippen LogP contribution in [0.2, 0.25) is 0 Å². The van der Waals surface area contributed by atoms with Crippen molar-refractivity contribution in [1.82, 2.24) is 4.98 Å². The molecule has 0 bridgehead atoms. The summed E-state index contributed by atoms with van der Waals surface area (Å²) in [6.07, 6.45) is 4.47. The molecule has 1 aliphatic carbocycles. The van der Waals surface area contributed by atoms with Gasteiger partial charge in [0.1, 0.15) is 0 Å². The molecule has 1 fully saturated rings. The molecule has 0 amide bonds. The molecule has 0 spiro atoms. The maximum absolute atomic E-state index is 12.0. The van der Waals surface area contributed by atoms with Gasteiger partial charge in [-0.05, 0) is 43.9 Å². The highest BCUT2D eigenvalue weighted by molar-refractivity contribution is 7.92. The van der Waals surface area contributed by atoms with Gasteiger partial charge < -0.3 is 5.32 Å². The predicted molar refractivity (Wildman–Crippen MR) is 94.7 cm³/mol. The van der Waals surface area contributed by atoms with Gasteiger partial charge in [0.15, 0.2) is 5.13 Å². The largest absolute Gasteiger partial charge is 0.359 e. The van der Waals surface area contributed by atoms with Crippen LogP contribution in [0.25, 0.3) is 11.3 Å². The number of hydrogen-bond donors (Lipinski definition) is 1. The van der Waals surface area contributed by atoms with E-state index in [4.69, 9.17) is 0 Å². The van der Waals surface area contributed by atoms with Crippen molar-refractivity contribution < 1.29 is 8.42 Å². The second-order valence-electron chi connectivity index (χ2n) is 6.41. The molecule has 5 nitrogen and oxygen atoms in total. The third-order valence-electron chi connectivity index (χ3n) is 4.29. The fourth-order valence-corrected chi connectivity index (χ4v) is 5.20. The van der Waals surface area contributed by atoms with Crippen LogP contribution < -0.4 is 9.62 Å². The van der Waals surface area contributed by atoms with Crippen LogP contribution in [0, 0.1) is 0 Å². The Kier molecular flexibility index (Phi) is 3.39. The Labute approximate surface area is 140 Å². The molecule has 2 aliphatic rings. The van der Waals surface area contributed by atoms with E-state index < -0.39 is 10.0 Å². The number of hydrogen-bond acceptors (Lipinski definition) is 5. The van der Waals surface area contributed by atoms with E-state index in [-0.39, 0.29) is 6.04 Å². The topological polar surface area (TPSA) is 62.3 Å². The van der Waals surface area contributed by atoms with Crippen molar-refractivity contribution >= 4 is 32.2 Å². The highest BCUT2D eigenvalue weighted by Crippen LogP contribution is 2.37. The number of benzene rings is 1. The summed E-state index contributed by atoms with van der Waals surface area (Å²) in [6, 6.07) is 6.51. The molecule has 23 heavy (non-hydrogen) atoms. The van der Waals surface area contributed by atoms with Crippen LogP contribution in [0.4, 0.5) is 10.8 Å². The zero-order valence-electron chi connectivity index (χ0n) is 13.1. The van der Waals surface area contributed by atoms with Crippen molar-refractivity contribution in [2.45, 2.75) is 38.3 Å². The van der Waals surface area contributed by atoms with E-state index in [1.807, 2.05) is 19.1 Å². The summed E-state index contributed by atoms with van der Waals surface area (Å²) in [5.41, 5.74) is 3.87. The average Bonchev–Trinajstić information content (AvgIpc) is 3.03. The normalized spacial score (nSPS) is 20.6. The third kappa shape index (κ3) is 2.83. The first-order valence-electron chi connectivity index (χ1n) is 7.76. The van der Waals surface area contributed by atoms with Crippen LogP contribution in [-0.2, 0) is 16.4 Å². The highest BCUT2D eigenvalue weighted by atomic mass is 32.2. The van der Waals surface area contributed by atoms with E-state index in [9.17, 15) is 8.42 Å². The molecule has 7 heteroatoms. The number of rotatable bonds is 4. The Morgan fingerprint density at radius 3 is 2.83 bits per heavy atom. The summed E-state index contributed by atoms with van der Waals surface area (Å²) < 4.78 is 25.5. The Morgan fingerprint density at radius 2 is 2.13 bits per heavy atom. The second kappa shape index (κ2) is 5.21. The summed E-state index contributed by atoms with van der Waals surface area (Å²) in [7, 11) is -3.24. The SMILES string of the molecule is CC1Cc2cc(-c3csc(NC4CC4)n3)ccc2N1S(C)(=O)=O.